The van der Waals surface area contributed by atoms with Crippen LogP contribution in [0.15, 0.2) is 27.2 Å². The number of amides is 1. The van der Waals surface area contributed by atoms with Crippen molar-refractivity contribution in [3.63, 3.8) is 0 Å². The fraction of sp³-hybridized carbons (Fsp3) is 0.263. The second-order valence-corrected chi connectivity index (χ2v) is 8.32. The van der Waals surface area contributed by atoms with E-state index in [2.05, 4.69) is 26.3 Å². The minimum Gasteiger partial charge on any atom is -0.465 e. The van der Waals surface area contributed by atoms with Gasteiger partial charge in [0.1, 0.15) is 26.7 Å². The highest BCUT2D eigenvalue weighted by atomic mass is 79.9. The molecular formula is C19H17BrN4O8S. The number of nitro groups is 1. The number of hydrogen-bond acceptors (Lipinski definition) is 10. The SMILES string of the molecule is CCOC(=O)c1sc(NC(=O)c2ccc(Cn3cc(Br)c([N+](=O)[O-])n3)o2)c(C(=O)OC)c1C. The number of carbonyl (C=O) groups is 3. The molecule has 1 amide bonds. The zero-order valence-corrected chi connectivity index (χ0v) is 19.9. The van der Waals surface area contributed by atoms with Crippen molar-refractivity contribution >= 4 is 55.9 Å². The Kier molecular flexibility index (Phi) is 7.28. The molecule has 1 N–H and O–H groups in total. The molecular weight excluding hydrogens is 524 g/mol. The van der Waals surface area contributed by atoms with Crippen LogP contribution < -0.4 is 5.32 Å². The number of ether oxygens (including phenoxy) is 2. The Morgan fingerprint density at radius 2 is 2.06 bits per heavy atom. The number of thiophene rings is 1. The summed E-state index contributed by atoms with van der Waals surface area (Å²) in [6.07, 6.45) is 1.41. The summed E-state index contributed by atoms with van der Waals surface area (Å²) >= 11 is 3.94. The molecule has 0 aliphatic heterocycles. The van der Waals surface area contributed by atoms with E-state index in [9.17, 15) is 24.5 Å². The van der Waals surface area contributed by atoms with Crippen molar-refractivity contribution in [3.8, 4) is 0 Å². The zero-order valence-electron chi connectivity index (χ0n) is 17.5. The van der Waals surface area contributed by atoms with Gasteiger partial charge in [-0.25, -0.2) is 9.59 Å². The molecule has 33 heavy (non-hydrogen) atoms. The summed E-state index contributed by atoms with van der Waals surface area (Å²) in [5.41, 5.74) is 0.367. The first-order chi connectivity index (χ1) is 15.7. The highest BCUT2D eigenvalue weighted by Crippen LogP contribution is 2.34. The van der Waals surface area contributed by atoms with Crippen molar-refractivity contribution in [3.05, 3.63) is 60.4 Å². The molecule has 0 saturated carbocycles. The average molecular weight is 541 g/mol. The second-order valence-electron chi connectivity index (χ2n) is 6.45. The highest BCUT2D eigenvalue weighted by molar-refractivity contribution is 9.10. The maximum absolute atomic E-state index is 12.7. The summed E-state index contributed by atoms with van der Waals surface area (Å²) in [4.78, 5) is 47.6. The first-order valence-corrected chi connectivity index (χ1v) is 10.9. The van der Waals surface area contributed by atoms with Crippen molar-refractivity contribution < 1.29 is 33.2 Å². The van der Waals surface area contributed by atoms with E-state index in [1.54, 1.807) is 13.8 Å². The quantitative estimate of drug-likeness (QED) is 0.255. The summed E-state index contributed by atoms with van der Waals surface area (Å²) < 4.78 is 16.8. The Bertz CT molecular complexity index is 1240. The minimum atomic E-state index is -0.722. The predicted octanol–water partition coefficient (Wildman–Crippen LogP) is 3.78. The molecule has 174 valence electrons. The van der Waals surface area contributed by atoms with E-state index in [4.69, 9.17) is 13.9 Å². The van der Waals surface area contributed by atoms with E-state index in [1.807, 2.05) is 0 Å². The summed E-state index contributed by atoms with van der Waals surface area (Å²) in [6.45, 7) is 3.39. The van der Waals surface area contributed by atoms with Crippen molar-refractivity contribution in [1.29, 1.82) is 0 Å². The van der Waals surface area contributed by atoms with Crippen molar-refractivity contribution in [2.75, 3.05) is 19.0 Å². The third kappa shape index (κ3) is 5.12. The van der Waals surface area contributed by atoms with Crippen LogP contribution in [0.5, 0.6) is 0 Å². The zero-order chi connectivity index (χ0) is 24.3. The van der Waals surface area contributed by atoms with Gasteiger partial charge in [0.15, 0.2) is 5.76 Å². The summed E-state index contributed by atoms with van der Waals surface area (Å²) in [6, 6.07) is 2.92. The molecule has 3 aromatic heterocycles. The molecule has 0 saturated heterocycles. The first-order valence-electron chi connectivity index (χ1n) is 9.32. The molecule has 0 spiro atoms. The van der Waals surface area contributed by atoms with Gasteiger partial charge in [0.2, 0.25) is 0 Å². The standard InChI is InChI=1S/C19H17BrN4O8S/c1-4-31-19(27)14-9(2)13(18(26)30-3)17(33-14)21-16(25)12-6-5-10(32-12)7-23-8-11(20)15(22-23)24(28)29/h5-6,8H,4,7H2,1-3H3,(H,21,25). The van der Waals surface area contributed by atoms with Crippen molar-refractivity contribution in [2.45, 2.75) is 20.4 Å². The monoisotopic (exact) mass is 540 g/mol. The summed E-state index contributed by atoms with van der Waals surface area (Å²) in [5.74, 6) is -2.12. The van der Waals surface area contributed by atoms with Crippen LogP contribution in [-0.4, -0.2) is 46.3 Å². The maximum Gasteiger partial charge on any atom is 0.404 e. The molecule has 0 aliphatic carbocycles. The van der Waals surface area contributed by atoms with E-state index in [-0.39, 0.29) is 44.6 Å². The van der Waals surface area contributed by atoms with E-state index in [1.165, 1.54) is 30.1 Å². The normalized spacial score (nSPS) is 10.7. The number of anilines is 1. The Labute approximate surface area is 198 Å². The van der Waals surface area contributed by atoms with Gasteiger partial charge in [-0.05, 0) is 52.4 Å². The molecule has 0 bridgehead atoms. The third-order valence-electron chi connectivity index (χ3n) is 4.30. The number of aromatic nitrogens is 2. The fourth-order valence-corrected chi connectivity index (χ4v) is 4.39. The van der Waals surface area contributed by atoms with Crippen molar-refractivity contribution in [2.24, 2.45) is 0 Å². The number of furan rings is 1. The van der Waals surface area contributed by atoms with Gasteiger partial charge in [0, 0.05) is 0 Å². The van der Waals surface area contributed by atoms with Crippen LogP contribution in [-0.2, 0) is 16.0 Å². The number of nitrogens with zero attached hydrogens (tertiary/aromatic N) is 3. The Morgan fingerprint density at radius 1 is 1.33 bits per heavy atom. The minimum absolute atomic E-state index is 0.0399. The van der Waals surface area contributed by atoms with Crippen LogP contribution in [0.4, 0.5) is 10.8 Å². The summed E-state index contributed by atoms with van der Waals surface area (Å²) in [5, 5.41) is 17.4. The molecule has 0 aromatic carbocycles. The van der Waals surface area contributed by atoms with E-state index >= 15 is 0 Å². The first kappa shape index (κ1) is 24.1. The van der Waals surface area contributed by atoms with Gasteiger partial charge in [0.05, 0.1) is 30.6 Å². The van der Waals surface area contributed by atoms with Gasteiger partial charge < -0.3 is 29.3 Å². The van der Waals surface area contributed by atoms with E-state index in [0.29, 0.717) is 11.3 Å². The van der Waals surface area contributed by atoms with Crippen LogP contribution in [0.2, 0.25) is 0 Å². The van der Waals surface area contributed by atoms with E-state index in [0.717, 1.165) is 11.3 Å². The molecule has 0 fully saturated rings. The van der Waals surface area contributed by atoms with Gasteiger partial charge in [-0.1, -0.05) is 0 Å². The second kappa shape index (κ2) is 9.95. The largest absolute Gasteiger partial charge is 0.465 e. The molecule has 0 unspecified atom stereocenters. The number of methoxy groups -OCH3 is 1. The lowest BCUT2D eigenvalue weighted by Gasteiger charge is -2.04. The molecule has 0 aliphatic rings. The maximum atomic E-state index is 12.7. The van der Waals surface area contributed by atoms with E-state index < -0.39 is 22.8 Å². The molecule has 3 rings (SSSR count). The molecule has 0 atom stereocenters. The number of hydrogen-bond donors (Lipinski definition) is 1. The van der Waals surface area contributed by atoms with Crippen LogP contribution in [0.3, 0.4) is 0 Å². The topological polar surface area (TPSA) is 156 Å². The average Bonchev–Trinajstić information content (AvgIpc) is 3.45. The Hall–Kier alpha value is -3.52. The van der Waals surface area contributed by atoms with Crippen LogP contribution >= 0.6 is 27.3 Å². The Morgan fingerprint density at radius 3 is 2.67 bits per heavy atom. The van der Waals surface area contributed by atoms with Gasteiger partial charge in [-0.15, -0.1) is 11.3 Å². The molecule has 14 heteroatoms. The molecule has 3 aromatic rings. The number of nitrogens with one attached hydrogen (secondary N) is 1. The van der Waals surface area contributed by atoms with Crippen LogP contribution in [0, 0.1) is 17.0 Å². The highest BCUT2D eigenvalue weighted by Gasteiger charge is 2.28. The lowest BCUT2D eigenvalue weighted by atomic mass is 10.1. The van der Waals surface area contributed by atoms with Gasteiger partial charge in [0.25, 0.3) is 5.91 Å². The number of halogens is 1. The fourth-order valence-electron chi connectivity index (χ4n) is 2.84. The van der Waals surface area contributed by atoms with Crippen LogP contribution in [0.1, 0.15) is 48.8 Å². The lowest BCUT2D eigenvalue weighted by Crippen LogP contribution is -2.13. The number of rotatable bonds is 8. The molecule has 12 nitrogen and oxygen atoms in total. The van der Waals surface area contributed by atoms with Crippen LogP contribution in [0.25, 0.3) is 0 Å². The predicted molar refractivity (Wildman–Crippen MR) is 119 cm³/mol. The third-order valence-corrected chi connectivity index (χ3v) is 6.05. The Balaban J connectivity index is 1.82. The summed E-state index contributed by atoms with van der Waals surface area (Å²) in [7, 11) is 1.19. The number of carbonyl (C=O) groups excluding carboxylic acids is 3. The molecule has 0 radical (unpaired) electrons. The van der Waals surface area contributed by atoms with Crippen molar-refractivity contribution in [1.82, 2.24) is 9.78 Å². The lowest BCUT2D eigenvalue weighted by molar-refractivity contribution is -0.390. The smallest absolute Gasteiger partial charge is 0.404 e. The van der Waals surface area contributed by atoms with Gasteiger partial charge in [-0.2, -0.15) is 4.68 Å². The van der Waals surface area contributed by atoms with Gasteiger partial charge >= 0.3 is 17.8 Å². The number of esters is 2. The van der Waals surface area contributed by atoms with Gasteiger partial charge in [-0.3, -0.25) is 4.79 Å². The molecule has 3 heterocycles.